The van der Waals surface area contributed by atoms with Crippen molar-refractivity contribution in [3.8, 4) is 5.75 Å². The second kappa shape index (κ2) is 9.07. The zero-order valence-corrected chi connectivity index (χ0v) is 12.3. The summed E-state index contributed by atoms with van der Waals surface area (Å²) in [6, 6.07) is 7.98. The average molecular weight is 279 g/mol. The van der Waals surface area contributed by atoms with E-state index < -0.39 is 0 Å². The molecule has 0 heterocycles. The molecule has 1 aromatic carbocycles. The number of anilines is 1. The van der Waals surface area contributed by atoms with E-state index in [4.69, 9.17) is 15.7 Å². The molecule has 0 aliphatic rings. The maximum atomic E-state index is 8.43. The van der Waals surface area contributed by atoms with Crippen molar-refractivity contribution in [2.24, 2.45) is 10.9 Å². The Kier molecular flexibility index (Phi) is 7.32. The maximum absolute atomic E-state index is 8.43. The number of ether oxygens (including phenoxy) is 1. The minimum Gasteiger partial charge on any atom is -0.491 e. The van der Waals surface area contributed by atoms with Gasteiger partial charge in [0.2, 0.25) is 0 Å². The van der Waals surface area contributed by atoms with Gasteiger partial charge in [-0.15, -0.1) is 0 Å². The second-order valence-corrected chi connectivity index (χ2v) is 4.84. The van der Waals surface area contributed by atoms with Crippen molar-refractivity contribution in [3.05, 3.63) is 24.3 Å². The molecule has 0 radical (unpaired) electrons. The third-order valence-electron chi connectivity index (χ3n) is 3.06. The average Bonchev–Trinajstić information content (AvgIpc) is 2.46. The molecule has 5 nitrogen and oxygen atoms in total. The molecule has 0 saturated carbocycles. The lowest BCUT2D eigenvalue weighted by atomic mass is 10.2. The van der Waals surface area contributed by atoms with Gasteiger partial charge in [-0.05, 0) is 38.3 Å². The van der Waals surface area contributed by atoms with E-state index in [0.29, 0.717) is 6.42 Å². The largest absolute Gasteiger partial charge is 0.491 e. The van der Waals surface area contributed by atoms with Gasteiger partial charge in [0.25, 0.3) is 0 Å². The Hall–Kier alpha value is -1.91. The molecule has 5 heteroatoms. The van der Waals surface area contributed by atoms with Crippen molar-refractivity contribution in [1.82, 2.24) is 0 Å². The van der Waals surface area contributed by atoms with Gasteiger partial charge in [-0.1, -0.05) is 18.1 Å². The van der Waals surface area contributed by atoms with Gasteiger partial charge in [-0.25, -0.2) is 0 Å². The van der Waals surface area contributed by atoms with Gasteiger partial charge in [-0.3, -0.25) is 0 Å². The summed E-state index contributed by atoms with van der Waals surface area (Å²) in [5.41, 5.74) is 6.46. The molecule has 0 aliphatic heterocycles. The molecular formula is C15H25N3O2. The summed E-state index contributed by atoms with van der Waals surface area (Å²) in [4.78, 5) is 0. The zero-order valence-electron chi connectivity index (χ0n) is 12.3. The van der Waals surface area contributed by atoms with Gasteiger partial charge >= 0.3 is 0 Å². The fraction of sp³-hybridized carbons (Fsp3) is 0.533. The molecule has 0 spiro atoms. The molecule has 4 N–H and O–H groups in total. The molecule has 0 fully saturated rings. The standard InChI is InChI=1S/C15H25N3O2/c1-3-12(2)20-14-8-6-7-13(11-14)17-10-5-4-9-15(16)18-19/h6-8,11-12,17,19H,3-5,9-10H2,1-2H3,(H2,16,18). The van der Waals surface area contributed by atoms with Crippen molar-refractivity contribution in [3.63, 3.8) is 0 Å². The molecule has 1 unspecified atom stereocenters. The fourth-order valence-electron chi connectivity index (χ4n) is 1.71. The molecule has 0 bridgehead atoms. The first-order valence-electron chi connectivity index (χ1n) is 7.12. The lowest BCUT2D eigenvalue weighted by molar-refractivity contribution is 0.217. The predicted octanol–water partition coefficient (Wildman–Crippen LogP) is 3.19. The molecule has 0 aromatic heterocycles. The highest BCUT2D eigenvalue weighted by Crippen LogP contribution is 2.19. The van der Waals surface area contributed by atoms with Crippen LogP contribution in [0.4, 0.5) is 5.69 Å². The number of nitrogens with two attached hydrogens (primary N) is 1. The van der Waals surface area contributed by atoms with E-state index in [-0.39, 0.29) is 11.9 Å². The van der Waals surface area contributed by atoms with E-state index in [0.717, 1.165) is 37.2 Å². The summed E-state index contributed by atoms with van der Waals surface area (Å²) in [7, 11) is 0. The van der Waals surface area contributed by atoms with Crippen LogP contribution in [-0.2, 0) is 0 Å². The number of hydrogen-bond acceptors (Lipinski definition) is 4. The smallest absolute Gasteiger partial charge is 0.139 e. The first-order chi connectivity index (χ1) is 9.65. The Balaban J connectivity index is 2.31. The van der Waals surface area contributed by atoms with Gasteiger partial charge in [0.15, 0.2) is 0 Å². The third-order valence-corrected chi connectivity index (χ3v) is 3.06. The number of benzene rings is 1. The molecular weight excluding hydrogens is 254 g/mol. The Labute approximate surface area is 120 Å². The van der Waals surface area contributed by atoms with Crippen LogP contribution in [0, 0.1) is 0 Å². The summed E-state index contributed by atoms with van der Waals surface area (Å²) in [6.07, 6.45) is 3.70. The van der Waals surface area contributed by atoms with Crippen LogP contribution < -0.4 is 15.8 Å². The molecule has 112 valence electrons. The van der Waals surface area contributed by atoms with Crippen LogP contribution in [0.15, 0.2) is 29.4 Å². The molecule has 1 aromatic rings. The van der Waals surface area contributed by atoms with E-state index in [2.05, 4.69) is 24.3 Å². The summed E-state index contributed by atoms with van der Waals surface area (Å²) in [5, 5.41) is 14.7. The summed E-state index contributed by atoms with van der Waals surface area (Å²) < 4.78 is 5.78. The number of unbranched alkanes of at least 4 members (excludes halogenated alkanes) is 1. The van der Waals surface area contributed by atoms with Crippen LogP contribution in [0.25, 0.3) is 0 Å². The molecule has 0 amide bonds. The van der Waals surface area contributed by atoms with Gasteiger partial charge in [0.1, 0.15) is 11.6 Å². The van der Waals surface area contributed by atoms with Crippen LogP contribution in [0.1, 0.15) is 39.5 Å². The molecule has 20 heavy (non-hydrogen) atoms. The first-order valence-corrected chi connectivity index (χ1v) is 7.12. The highest BCUT2D eigenvalue weighted by molar-refractivity contribution is 5.79. The second-order valence-electron chi connectivity index (χ2n) is 4.84. The molecule has 0 aliphatic carbocycles. The van der Waals surface area contributed by atoms with Crippen LogP contribution in [0.5, 0.6) is 5.75 Å². The van der Waals surface area contributed by atoms with E-state index in [9.17, 15) is 0 Å². The molecule has 1 rings (SSSR count). The quantitative estimate of drug-likeness (QED) is 0.213. The van der Waals surface area contributed by atoms with E-state index in [1.54, 1.807) is 0 Å². The Bertz CT molecular complexity index is 421. The number of nitrogens with one attached hydrogen (secondary N) is 1. The SMILES string of the molecule is CCC(C)Oc1cccc(NCCCCC(N)=NO)c1. The van der Waals surface area contributed by atoms with Crippen LogP contribution in [-0.4, -0.2) is 23.7 Å². The number of nitrogens with zero attached hydrogens (tertiary/aromatic N) is 1. The van der Waals surface area contributed by atoms with Gasteiger partial charge in [0, 0.05) is 24.7 Å². The fourth-order valence-corrected chi connectivity index (χ4v) is 1.71. The molecule has 0 saturated heterocycles. The normalized spacial score (nSPS) is 13.0. The minimum absolute atomic E-state index is 0.228. The van der Waals surface area contributed by atoms with Crippen molar-refractivity contribution in [2.45, 2.75) is 45.6 Å². The lowest BCUT2D eigenvalue weighted by Crippen LogP contribution is -2.12. The van der Waals surface area contributed by atoms with Gasteiger partial charge in [0.05, 0.1) is 6.10 Å². The van der Waals surface area contributed by atoms with Crippen molar-refractivity contribution >= 4 is 11.5 Å². The Morgan fingerprint density at radius 2 is 2.25 bits per heavy atom. The summed E-state index contributed by atoms with van der Waals surface area (Å²) in [5.74, 6) is 1.18. The first kappa shape index (κ1) is 16.1. The lowest BCUT2D eigenvalue weighted by Gasteiger charge is -2.14. The Morgan fingerprint density at radius 1 is 1.45 bits per heavy atom. The molecule has 1 atom stereocenters. The topological polar surface area (TPSA) is 79.9 Å². The monoisotopic (exact) mass is 279 g/mol. The van der Waals surface area contributed by atoms with Gasteiger partial charge < -0.3 is 21.0 Å². The number of hydrogen-bond donors (Lipinski definition) is 3. The summed E-state index contributed by atoms with van der Waals surface area (Å²) in [6.45, 7) is 5.02. The zero-order chi connectivity index (χ0) is 14.8. The van der Waals surface area contributed by atoms with E-state index in [1.165, 1.54) is 0 Å². The number of amidine groups is 1. The van der Waals surface area contributed by atoms with Crippen molar-refractivity contribution in [2.75, 3.05) is 11.9 Å². The van der Waals surface area contributed by atoms with Crippen LogP contribution in [0.2, 0.25) is 0 Å². The highest BCUT2D eigenvalue weighted by atomic mass is 16.5. The van der Waals surface area contributed by atoms with Gasteiger partial charge in [-0.2, -0.15) is 0 Å². The van der Waals surface area contributed by atoms with Crippen LogP contribution in [0.3, 0.4) is 0 Å². The highest BCUT2D eigenvalue weighted by Gasteiger charge is 2.01. The number of oxime groups is 1. The van der Waals surface area contributed by atoms with Crippen molar-refractivity contribution in [1.29, 1.82) is 0 Å². The van der Waals surface area contributed by atoms with Crippen molar-refractivity contribution < 1.29 is 9.94 Å². The Morgan fingerprint density at radius 3 is 2.95 bits per heavy atom. The maximum Gasteiger partial charge on any atom is 0.139 e. The van der Waals surface area contributed by atoms with E-state index >= 15 is 0 Å². The predicted molar refractivity (Wildman–Crippen MR) is 82.6 cm³/mol. The summed E-state index contributed by atoms with van der Waals surface area (Å²) >= 11 is 0. The minimum atomic E-state index is 0.228. The van der Waals surface area contributed by atoms with E-state index in [1.807, 2.05) is 24.3 Å². The third kappa shape index (κ3) is 6.31. The van der Waals surface area contributed by atoms with Crippen LogP contribution >= 0.6 is 0 Å². The number of rotatable bonds is 9.